The summed E-state index contributed by atoms with van der Waals surface area (Å²) in [4.78, 5) is 0. The molecule has 0 bridgehead atoms. The SMILES string of the molecule is COC(=N)c1ccc(Cl)cc1. The number of benzene rings is 1. The molecule has 0 aliphatic heterocycles. The van der Waals surface area contributed by atoms with Crippen molar-refractivity contribution in [3.8, 4) is 0 Å². The fourth-order valence-electron chi connectivity index (χ4n) is 0.719. The summed E-state index contributed by atoms with van der Waals surface area (Å²) in [6.07, 6.45) is 0. The number of ether oxygens (including phenoxy) is 1. The van der Waals surface area contributed by atoms with E-state index >= 15 is 0 Å². The lowest BCUT2D eigenvalue weighted by Gasteiger charge is -2.00. The van der Waals surface area contributed by atoms with Crippen molar-refractivity contribution in [2.75, 3.05) is 7.11 Å². The van der Waals surface area contributed by atoms with Gasteiger partial charge in [-0.3, -0.25) is 5.41 Å². The third-order valence-corrected chi connectivity index (χ3v) is 1.56. The summed E-state index contributed by atoms with van der Waals surface area (Å²) in [7, 11) is 1.47. The molecule has 58 valence electrons. The summed E-state index contributed by atoms with van der Waals surface area (Å²) in [6.45, 7) is 0. The molecule has 0 saturated heterocycles. The maximum absolute atomic E-state index is 7.28. The molecule has 0 saturated carbocycles. The van der Waals surface area contributed by atoms with Gasteiger partial charge in [0.2, 0.25) is 5.90 Å². The lowest BCUT2D eigenvalue weighted by molar-refractivity contribution is 0.401. The Morgan fingerprint density at radius 2 is 1.91 bits per heavy atom. The fraction of sp³-hybridized carbons (Fsp3) is 0.125. The molecular weight excluding hydrogens is 162 g/mol. The molecule has 0 aromatic heterocycles. The highest BCUT2D eigenvalue weighted by molar-refractivity contribution is 6.30. The molecule has 0 radical (unpaired) electrons. The monoisotopic (exact) mass is 169 g/mol. The minimum atomic E-state index is 0.154. The number of hydrogen-bond donors (Lipinski definition) is 1. The molecule has 11 heavy (non-hydrogen) atoms. The summed E-state index contributed by atoms with van der Waals surface area (Å²) >= 11 is 5.65. The van der Waals surface area contributed by atoms with Gasteiger partial charge in [0.25, 0.3) is 0 Å². The third kappa shape index (κ3) is 1.95. The molecule has 2 nitrogen and oxygen atoms in total. The summed E-state index contributed by atoms with van der Waals surface area (Å²) in [5.41, 5.74) is 0.733. The van der Waals surface area contributed by atoms with E-state index in [0.717, 1.165) is 5.56 Å². The minimum Gasteiger partial charge on any atom is -0.481 e. The first-order valence-corrected chi connectivity index (χ1v) is 3.50. The van der Waals surface area contributed by atoms with Crippen LogP contribution in [-0.4, -0.2) is 13.0 Å². The van der Waals surface area contributed by atoms with Gasteiger partial charge in [0.1, 0.15) is 0 Å². The molecule has 0 amide bonds. The van der Waals surface area contributed by atoms with Gasteiger partial charge < -0.3 is 4.74 Å². The van der Waals surface area contributed by atoms with E-state index in [1.807, 2.05) is 0 Å². The number of halogens is 1. The molecule has 0 unspecified atom stereocenters. The second-order valence-corrected chi connectivity index (χ2v) is 2.48. The zero-order chi connectivity index (χ0) is 8.27. The van der Waals surface area contributed by atoms with Crippen molar-refractivity contribution >= 4 is 17.5 Å². The van der Waals surface area contributed by atoms with Crippen molar-refractivity contribution in [3.63, 3.8) is 0 Å². The number of hydrogen-bond acceptors (Lipinski definition) is 2. The summed E-state index contributed by atoms with van der Waals surface area (Å²) in [5, 5.41) is 7.95. The predicted octanol–water partition coefficient (Wildman–Crippen LogP) is 2.31. The second kappa shape index (κ2) is 3.39. The van der Waals surface area contributed by atoms with E-state index in [-0.39, 0.29) is 5.90 Å². The first-order valence-electron chi connectivity index (χ1n) is 3.12. The van der Waals surface area contributed by atoms with Crippen molar-refractivity contribution in [1.29, 1.82) is 5.41 Å². The molecule has 0 heterocycles. The van der Waals surface area contributed by atoms with E-state index in [2.05, 4.69) is 0 Å². The molecule has 0 fully saturated rings. The lowest BCUT2D eigenvalue weighted by atomic mass is 10.2. The molecule has 1 N–H and O–H groups in total. The van der Waals surface area contributed by atoms with Crippen molar-refractivity contribution in [2.24, 2.45) is 0 Å². The Bertz CT molecular complexity index is 255. The van der Waals surface area contributed by atoms with Gasteiger partial charge in [0.15, 0.2) is 0 Å². The van der Waals surface area contributed by atoms with Crippen molar-refractivity contribution in [3.05, 3.63) is 34.9 Å². The topological polar surface area (TPSA) is 33.1 Å². The number of rotatable bonds is 1. The van der Waals surface area contributed by atoms with Gasteiger partial charge in [-0.25, -0.2) is 0 Å². The largest absolute Gasteiger partial charge is 0.481 e. The highest BCUT2D eigenvalue weighted by Gasteiger charge is 1.98. The van der Waals surface area contributed by atoms with Crippen LogP contribution in [0.15, 0.2) is 24.3 Å². The zero-order valence-electron chi connectivity index (χ0n) is 6.10. The molecule has 0 aliphatic rings. The fourth-order valence-corrected chi connectivity index (χ4v) is 0.845. The smallest absolute Gasteiger partial charge is 0.212 e. The Morgan fingerprint density at radius 1 is 1.36 bits per heavy atom. The van der Waals surface area contributed by atoms with Gasteiger partial charge in [-0.05, 0) is 24.3 Å². The predicted molar refractivity (Wildman–Crippen MR) is 45.3 cm³/mol. The molecule has 3 heteroatoms. The quantitative estimate of drug-likeness (QED) is 0.508. The van der Waals surface area contributed by atoms with Crippen LogP contribution in [0.2, 0.25) is 5.02 Å². The minimum absolute atomic E-state index is 0.154. The summed E-state index contributed by atoms with van der Waals surface area (Å²) < 4.78 is 4.72. The number of nitrogens with one attached hydrogen (secondary N) is 1. The van der Waals surface area contributed by atoms with Crippen LogP contribution in [-0.2, 0) is 4.74 Å². The van der Waals surface area contributed by atoms with Crippen LogP contribution in [0.4, 0.5) is 0 Å². The van der Waals surface area contributed by atoms with Gasteiger partial charge >= 0.3 is 0 Å². The van der Waals surface area contributed by atoms with Gasteiger partial charge in [-0.2, -0.15) is 0 Å². The summed E-state index contributed by atoms with van der Waals surface area (Å²) in [6, 6.07) is 6.94. The Kier molecular flexibility index (Phi) is 2.49. The Labute approximate surface area is 70.3 Å². The molecule has 1 aromatic rings. The normalized spacial score (nSPS) is 9.27. The molecule has 1 rings (SSSR count). The van der Waals surface area contributed by atoms with E-state index in [1.54, 1.807) is 24.3 Å². The first-order chi connectivity index (χ1) is 5.24. The highest BCUT2D eigenvalue weighted by Crippen LogP contribution is 2.09. The van der Waals surface area contributed by atoms with Gasteiger partial charge in [-0.1, -0.05) is 11.6 Å². The maximum Gasteiger partial charge on any atom is 0.212 e. The van der Waals surface area contributed by atoms with E-state index in [4.69, 9.17) is 21.7 Å². The van der Waals surface area contributed by atoms with Gasteiger partial charge in [0, 0.05) is 10.6 Å². The van der Waals surface area contributed by atoms with Crippen LogP contribution < -0.4 is 0 Å². The van der Waals surface area contributed by atoms with Crippen LogP contribution >= 0.6 is 11.6 Å². The standard InChI is InChI=1S/C8H8ClNO/c1-11-8(10)6-2-4-7(9)5-3-6/h2-5,10H,1H3. The summed E-state index contributed by atoms with van der Waals surface area (Å²) in [5.74, 6) is 0.154. The van der Waals surface area contributed by atoms with Gasteiger partial charge in [0.05, 0.1) is 7.11 Å². The van der Waals surface area contributed by atoms with Crippen LogP contribution in [0.5, 0.6) is 0 Å². The molecule has 0 atom stereocenters. The van der Waals surface area contributed by atoms with Crippen molar-refractivity contribution < 1.29 is 4.74 Å². The molecule has 0 aliphatic carbocycles. The van der Waals surface area contributed by atoms with Crippen molar-refractivity contribution in [2.45, 2.75) is 0 Å². The van der Waals surface area contributed by atoms with Crippen LogP contribution in [0.25, 0.3) is 0 Å². The van der Waals surface area contributed by atoms with E-state index in [9.17, 15) is 0 Å². The third-order valence-electron chi connectivity index (χ3n) is 1.31. The lowest BCUT2D eigenvalue weighted by Crippen LogP contribution is -1.99. The average molecular weight is 170 g/mol. The maximum atomic E-state index is 7.28. The molecule has 1 aromatic carbocycles. The van der Waals surface area contributed by atoms with Crippen LogP contribution in [0.3, 0.4) is 0 Å². The van der Waals surface area contributed by atoms with E-state index in [0.29, 0.717) is 5.02 Å². The van der Waals surface area contributed by atoms with E-state index < -0.39 is 0 Å². The average Bonchev–Trinajstić information content (AvgIpc) is 2.05. The Balaban J connectivity index is 2.90. The van der Waals surface area contributed by atoms with Crippen LogP contribution in [0.1, 0.15) is 5.56 Å². The number of methoxy groups -OCH3 is 1. The van der Waals surface area contributed by atoms with Crippen molar-refractivity contribution in [1.82, 2.24) is 0 Å². The molecule has 0 spiro atoms. The molecular formula is C8H8ClNO. The zero-order valence-corrected chi connectivity index (χ0v) is 6.85. The first kappa shape index (κ1) is 8.08. The highest BCUT2D eigenvalue weighted by atomic mass is 35.5. The Hall–Kier alpha value is -1.02. The van der Waals surface area contributed by atoms with Crippen LogP contribution in [0, 0.1) is 5.41 Å². The van der Waals surface area contributed by atoms with Gasteiger partial charge in [-0.15, -0.1) is 0 Å². The van der Waals surface area contributed by atoms with E-state index in [1.165, 1.54) is 7.11 Å². The Morgan fingerprint density at radius 3 is 2.36 bits per heavy atom. The second-order valence-electron chi connectivity index (χ2n) is 2.04.